The number of ketones is 1. The van der Waals surface area contributed by atoms with E-state index in [0.717, 1.165) is 34.4 Å². The van der Waals surface area contributed by atoms with E-state index in [4.69, 9.17) is 4.74 Å². The lowest BCUT2D eigenvalue weighted by atomic mass is 9.95. The maximum atomic E-state index is 15.1. The number of nitrogens with zero attached hydrogens (tertiary/aromatic N) is 2. The first-order chi connectivity index (χ1) is 15.6. The van der Waals surface area contributed by atoms with Crippen molar-refractivity contribution < 1.29 is 13.9 Å². The van der Waals surface area contributed by atoms with Crippen LogP contribution in [0.3, 0.4) is 0 Å². The van der Waals surface area contributed by atoms with Crippen molar-refractivity contribution in [2.24, 2.45) is 0 Å². The minimum absolute atomic E-state index is 0.0543. The predicted molar refractivity (Wildman–Crippen MR) is 121 cm³/mol. The van der Waals surface area contributed by atoms with Crippen LogP contribution in [0.25, 0.3) is 22.8 Å². The molecular weight excluding hydrogens is 405 g/mol. The van der Waals surface area contributed by atoms with E-state index < -0.39 is 0 Å². The smallest absolute Gasteiger partial charge is 0.237 e. The van der Waals surface area contributed by atoms with Gasteiger partial charge in [0.25, 0.3) is 0 Å². The fourth-order valence-electron chi connectivity index (χ4n) is 4.76. The highest BCUT2D eigenvalue weighted by Crippen LogP contribution is 2.40. The number of allylic oxidation sites excluding steroid dienone is 3. The first kappa shape index (κ1) is 18.9. The Morgan fingerprint density at radius 1 is 1.19 bits per heavy atom. The number of hydrogen-bond acceptors (Lipinski definition) is 5. The van der Waals surface area contributed by atoms with Gasteiger partial charge in [0, 0.05) is 48.3 Å². The van der Waals surface area contributed by atoms with Gasteiger partial charge < -0.3 is 10.1 Å². The number of carbonyl (C=O) groups is 1. The normalized spacial score (nSPS) is 17.4. The Morgan fingerprint density at radius 3 is 2.97 bits per heavy atom. The van der Waals surface area contributed by atoms with Crippen LogP contribution < -0.4 is 10.1 Å². The van der Waals surface area contributed by atoms with E-state index in [0.29, 0.717) is 41.3 Å². The van der Waals surface area contributed by atoms with E-state index in [9.17, 15) is 4.79 Å². The van der Waals surface area contributed by atoms with Gasteiger partial charge in [-0.2, -0.15) is 0 Å². The number of fused-ring (bicyclic) bond motifs is 3. The molecule has 0 atom stereocenters. The third-order valence-electron chi connectivity index (χ3n) is 6.39. The number of rotatable bonds is 2. The first-order valence-corrected chi connectivity index (χ1v) is 10.7. The van der Waals surface area contributed by atoms with Crippen LogP contribution in [0.15, 0.2) is 48.4 Å². The van der Waals surface area contributed by atoms with Gasteiger partial charge in [-0.25, -0.2) is 9.37 Å². The third kappa shape index (κ3) is 2.94. The van der Waals surface area contributed by atoms with Crippen LogP contribution in [0, 0.1) is 12.7 Å². The molecule has 1 N–H and O–H groups in total. The minimum Gasteiger partial charge on any atom is -0.474 e. The number of pyridine rings is 2. The molecule has 5 nitrogen and oxygen atoms in total. The summed E-state index contributed by atoms with van der Waals surface area (Å²) in [4.78, 5) is 21.4. The summed E-state index contributed by atoms with van der Waals surface area (Å²) in [5, 5.41) is 3.32. The fraction of sp³-hybridized carbons (Fsp3) is 0.192. The van der Waals surface area contributed by atoms with Crippen molar-refractivity contribution in [3.05, 3.63) is 82.1 Å². The average Bonchev–Trinajstić information content (AvgIpc) is 3.35. The second-order valence-corrected chi connectivity index (χ2v) is 8.36. The molecule has 2 aliphatic carbocycles. The van der Waals surface area contributed by atoms with Gasteiger partial charge in [0.2, 0.25) is 5.88 Å². The number of benzene rings is 1. The quantitative estimate of drug-likeness (QED) is 0.611. The number of aromatic nitrogens is 2. The summed E-state index contributed by atoms with van der Waals surface area (Å²) in [6, 6.07) is 5.41. The van der Waals surface area contributed by atoms with Crippen LogP contribution in [-0.2, 0) is 17.6 Å². The van der Waals surface area contributed by atoms with Gasteiger partial charge in [0.1, 0.15) is 18.1 Å². The summed E-state index contributed by atoms with van der Waals surface area (Å²) in [5.74, 6) is 0.155. The highest BCUT2D eigenvalue weighted by atomic mass is 19.1. The van der Waals surface area contributed by atoms with Crippen LogP contribution in [0.5, 0.6) is 5.88 Å². The molecule has 32 heavy (non-hydrogen) atoms. The zero-order valence-electron chi connectivity index (χ0n) is 17.5. The van der Waals surface area contributed by atoms with Crippen molar-refractivity contribution in [3.8, 4) is 17.0 Å². The van der Waals surface area contributed by atoms with Crippen LogP contribution >= 0.6 is 0 Å². The highest BCUT2D eigenvalue weighted by molar-refractivity contribution is 6.26. The number of ether oxygens (including phenoxy) is 1. The number of Topliss-reactive ketones (excluding diaryl/α,β-unsaturated/α-hetero) is 1. The van der Waals surface area contributed by atoms with Gasteiger partial charge in [-0.3, -0.25) is 9.78 Å². The summed E-state index contributed by atoms with van der Waals surface area (Å²) >= 11 is 0. The van der Waals surface area contributed by atoms with Gasteiger partial charge >= 0.3 is 0 Å². The maximum Gasteiger partial charge on any atom is 0.237 e. The first-order valence-electron chi connectivity index (χ1n) is 10.7. The molecule has 0 saturated heterocycles. The van der Waals surface area contributed by atoms with Gasteiger partial charge in [-0.1, -0.05) is 0 Å². The Labute approximate surface area is 184 Å². The van der Waals surface area contributed by atoms with Crippen LogP contribution in [0.2, 0.25) is 0 Å². The van der Waals surface area contributed by atoms with Crippen molar-refractivity contribution in [2.45, 2.75) is 19.8 Å². The maximum absolute atomic E-state index is 15.1. The molecule has 1 aliphatic heterocycles. The largest absolute Gasteiger partial charge is 0.474 e. The Kier molecular flexibility index (Phi) is 4.21. The molecule has 0 radical (unpaired) electrons. The summed E-state index contributed by atoms with van der Waals surface area (Å²) in [6.45, 7) is 3.24. The van der Waals surface area contributed by atoms with E-state index in [-0.39, 0.29) is 18.0 Å². The average molecular weight is 425 g/mol. The molecule has 3 heterocycles. The topological polar surface area (TPSA) is 64.1 Å². The fourth-order valence-corrected chi connectivity index (χ4v) is 4.76. The van der Waals surface area contributed by atoms with Crippen molar-refractivity contribution in [2.75, 3.05) is 18.5 Å². The molecular formula is C26H20FN3O2. The zero-order chi connectivity index (χ0) is 21.8. The highest BCUT2D eigenvalue weighted by Gasteiger charge is 2.29. The Bertz CT molecular complexity index is 1370. The molecule has 1 aromatic carbocycles. The molecule has 0 unspecified atom stereocenters. The zero-order valence-corrected chi connectivity index (χ0v) is 17.5. The lowest BCUT2D eigenvalue weighted by Gasteiger charge is -2.21. The lowest BCUT2D eigenvalue weighted by Crippen LogP contribution is -2.20. The number of hydrogen-bond donors (Lipinski definition) is 1. The monoisotopic (exact) mass is 425 g/mol. The van der Waals surface area contributed by atoms with Gasteiger partial charge in [-0.05, 0) is 77.1 Å². The molecule has 6 rings (SSSR count). The Morgan fingerprint density at radius 2 is 2.09 bits per heavy atom. The summed E-state index contributed by atoms with van der Waals surface area (Å²) in [5.41, 5.74) is 8.29. The van der Waals surface area contributed by atoms with Crippen LogP contribution in [0.1, 0.15) is 27.8 Å². The second-order valence-electron chi connectivity index (χ2n) is 8.36. The molecule has 0 bridgehead atoms. The summed E-state index contributed by atoms with van der Waals surface area (Å²) in [7, 11) is 0. The lowest BCUT2D eigenvalue weighted by molar-refractivity contribution is -0.112. The van der Waals surface area contributed by atoms with Gasteiger partial charge in [-0.15, -0.1) is 0 Å². The number of nitrogens with one attached hydrogen (secondary N) is 1. The van der Waals surface area contributed by atoms with Crippen LogP contribution in [0.4, 0.5) is 10.1 Å². The summed E-state index contributed by atoms with van der Waals surface area (Å²) < 4.78 is 20.7. The molecule has 2 aromatic heterocycles. The van der Waals surface area contributed by atoms with E-state index in [2.05, 4.69) is 15.3 Å². The Balaban J connectivity index is 1.44. The van der Waals surface area contributed by atoms with E-state index >= 15 is 4.39 Å². The van der Waals surface area contributed by atoms with Gasteiger partial charge in [0.05, 0.1) is 0 Å². The molecule has 0 amide bonds. The number of halogens is 1. The number of carbonyl (C=O) groups excluding carboxylic acids is 1. The van der Waals surface area contributed by atoms with Gasteiger partial charge in [0.15, 0.2) is 5.78 Å². The SMILES string of the molecule is Cc1c(-c2cc(F)c3c(c2)/C(=C/C2=Cc4cnccc4C2)C(=O)C3)cnc2c1NCCO2. The second kappa shape index (κ2) is 7.12. The molecule has 3 aliphatic rings. The van der Waals surface area contributed by atoms with Crippen molar-refractivity contribution in [3.63, 3.8) is 0 Å². The predicted octanol–water partition coefficient (Wildman–Crippen LogP) is 4.54. The Hall–Kier alpha value is -3.80. The molecule has 6 heteroatoms. The van der Waals surface area contributed by atoms with Crippen molar-refractivity contribution in [1.29, 1.82) is 0 Å². The standard InChI is InChI=1S/C26H20FN3O2/c1-14-22(13-30-26-25(14)29-4-5-32-26)17-9-19-20(23(27)10-17)11-24(31)21(19)8-15-6-16-2-3-28-12-18(16)7-15/h2-3,7-10,12-13,29H,4-6,11H2,1H3/b21-8-. The van der Waals surface area contributed by atoms with E-state index in [1.165, 1.54) is 11.6 Å². The summed E-state index contributed by atoms with van der Waals surface area (Å²) in [6.07, 6.45) is 10.1. The van der Waals surface area contributed by atoms with E-state index in [1.54, 1.807) is 12.4 Å². The molecule has 158 valence electrons. The molecule has 0 saturated carbocycles. The minimum atomic E-state index is -0.358. The third-order valence-corrected chi connectivity index (χ3v) is 6.39. The molecule has 0 spiro atoms. The van der Waals surface area contributed by atoms with Crippen molar-refractivity contribution >= 4 is 23.1 Å². The molecule has 0 fully saturated rings. The number of anilines is 1. The van der Waals surface area contributed by atoms with Crippen molar-refractivity contribution in [1.82, 2.24) is 9.97 Å². The van der Waals surface area contributed by atoms with E-state index in [1.807, 2.05) is 37.4 Å². The van der Waals surface area contributed by atoms with Crippen LogP contribution in [-0.4, -0.2) is 28.9 Å². The molecule has 3 aromatic rings.